The largest absolute Gasteiger partial charge is 0.486 e. The van der Waals surface area contributed by atoms with Crippen LogP contribution in [0.2, 0.25) is 0 Å². The number of sulfonamides is 1. The molecule has 0 spiro atoms. The van der Waals surface area contributed by atoms with E-state index in [2.05, 4.69) is 21.2 Å². The maximum atomic E-state index is 13.5. The number of nitrogens with one attached hydrogen (secondary N) is 1. The summed E-state index contributed by atoms with van der Waals surface area (Å²) in [7, 11) is -2.33. The van der Waals surface area contributed by atoms with Crippen LogP contribution in [0, 0.1) is 0 Å². The zero-order chi connectivity index (χ0) is 24.9. The number of hydrogen-bond donors (Lipinski definition) is 1. The lowest BCUT2D eigenvalue weighted by Gasteiger charge is -2.32. The summed E-state index contributed by atoms with van der Waals surface area (Å²) in [5, 5.41) is 2.55. The van der Waals surface area contributed by atoms with Crippen LogP contribution >= 0.6 is 15.9 Å². The third-order valence-corrected chi connectivity index (χ3v) is 7.68. The first-order valence-electron chi connectivity index (χ1n) is 10.8. The summed E-state index contributed by atoms with van der Waals surface area (Å²) in [5.41, 5.74) is 1.08. The molecule has 0 bridgehead atoms. The maximum Gasteiger partial charge on any atom is 0.244 e. The number of benzene rings is 2. The number of amides is 2. The minimum absolute atomic E-state index is 0.133. The van der Waals surface area contributed by atoms with Gasteiger partial charge in [-0.3, -0.25) is 13.9 Å². The van der Waals surface area contributed by atoms with Crippen molar-refractivity contribution in [1.29, 1.82) is 0 Å². The van der Waals surface area contributed by atoms with Gasteiger partial charge in [0.05, 0.1) is 11.4 Å². The van der Waals surface area contributed by atoms with Crippen LogP contribution in [0.3, 0.4) is 0 Å². The standard InChI is InChI=1S/C23H28BrN3O6S/c1-4-34(30,31)27(19-8-9-20-21(13-19)33-11-10-32-20)15-22(28)26(16(2)23(29)25-3)14-17-6-5-7-18(24)12-17/h5-9,12-13,16H,4,10-11,14-15H2,1-3H3,(H,25,29). The molecule has 2 amide bonds. The van der Waals surface area contributed by atoms with Crippen LogP contribution in [0.4, 0.5) is 5.69 Å². The van der Waals surface area contributed by atoms with Crippen LogP contribution in [-0.2, 0) is 26.2 Å². The molecule has 0 aromatic heterocycles. The van der Waals surface area contributed by atoms with Crippen LogP contribution in [0.25, 0.3) is 0 Å². The van der Waals surface area contributed by atoms with Gasteiger partial charge in [0, 0.05) is 24.1 Å². The topological polar surface area (TPSA) is 105 Å². The summed E-state index contributed by atoms with van der Waals surface area (Å²) in [6.07, 6.45) is 0. The van der Waals surface area contributed by atoms with Crippen molar-refractivity contribution >= 4 is 43.5 Å². The summed E-state index contributed by atoms with van der Waals surface area (Å²) in [6, 6.07) is 11.3. The lowest BCUT2D eigenvalue weighted by atomic mass is 10.1. The lowest BCUT2D eigenvalue weighted by molar-refractivity contribution is -0.139. The molecule has 1 N–H and O–H groups in total. The fourth-order valence-corrected chi connectivity index (χ4v) is 5.03. The number of ether oxygens (including phenoxy) is 2. The van der Waals surface area contributed by atoms with Gasteiger partial charge in [0.2, 0.25) is 21.8 Å². The third kappa shape index (κ3) is 6.01. The van der Waals surface area contributed by atoms with Crippen molar-refractivity contribution in [2.75, 3.05) is 36.9 Å². The van der Waals surface area contributed by atoms with Crippen molar-refractivity contribution in [1.82, 2.24) is 10.2 Å². The number of fused-ring (bicyclic) bond motifs is 1. The van der Waals surface area contributed by atoms with Crippen LogP contribution < -0.4 is 19.1 Å². The van der Waals surface area contributed by atoms with E-state index in [0.29, 0.717) is 24.7 Å². The van der Waals surface area contributed by atoms with Gasteiger partial charge in [-0.25, -0.2) is 8.42 Å². The summed E-state index contributed by atoms with van der Waals surface area (Å²) < 4.78 is 39.0. The van der Waals surface area contributed by atoms with Gasteiger partial charge in [-0.15, -0.1) is 0 Å². The quantitative estimate of drug-likeness (QED) is 0.511. The summed E-state index contributed by atoms with van der Waals surface area (Å²) >= 11 is 3.41. The molecule has 0 aliphatic carbocycles. The predicted octanol–water partition coefficient (Wildman–Crippen LogP) is 2.54. The number of carbonyl (C=O) groups is 2. The Morgan fingerprint density at radius 3 is 2.47 bits per heavy atom. The van der Waals surface area contributed by atoms with Crippen molar-refractivity contribution in [3.63, 3.8) is 0 Å². The first kappa shape index (κ1) is 25.8. The Hall–Kier alpha value is -2.79. The number of rotatable bonds is 9. The molecule has 1 aliphatic heterocycles. The molecule has 2 aromatic rings. The van der Waals surface area contributed by atoms with E-state index in [1.807, 2.05) is 24.3 Å². The Labute approximate surface area is 208 Å². The molecule has 1 aliphatic rings. The minimum Gasteiger partial charge on any atom is -0.486 e. The number of carbonyl (C=O) groups excluding carboxylic acids is 2. The predicted molar refractivity (Wildman–Crippen MR) is 132 cm³/mol. The van der Waals surface area contributed by atoms with Gasteiger partial charge >= 0.3 is 0 Å². The van der Waals surface area contributed by atoms with Gasteiger partial charge in [0.15, 0.2) is 11.5 Å². The number of anilines is 1. The Balaban J connectivity index is 1.95. The van der Waals surface area contributed by atoms with Crippen LogP contribution in [-0.4, -0.2) is 63.7 Å². The molecular weight excluding hydrogens is 526 g/mol. The SMILES string of the molecule is CCS(=O)(=O)N(CC(=O)N(Cc1cccc(Br)c1)C(C)C(=O)NC)c1ccc2c(c1)OCCO2. The van der Waals surface area contributed by atoms with E-state index in [0.717, 1.165) is 14.3 Å². The first-order valence-corrected chi connectivity index (χ1v) is 13.2. The average molecular weight is 554 g/mol. The second kappa shape index (κ2) is 11.1. The number of likely N-dealkylation sites (N-methyl/N-ethyl adjacent to an activating group) is 1. The van der Waals surface area contributed by atoms with E-state index >= 15 is 0 Å². The Bertz CT molecular complexity index is 1160. The fourth-order valence-electron chi connectivity index (χ4n) is 3.53. The summed E-state index contributed by atoms with van der Waals surface area (Å²) in [5.74, 6) is -0.141. The highest BCUT2D eigenvalue weighted by Gasteiger charge is 2.31. The van der Waals surface area contributed by atoms with Crippen molar-refractivity contribution in [2.24, 2.45) is 0 Å². The Morgan fingerprint density at radius 2 is 1.82 bits per heavy atom. The molecule has 0 saturated heterocycles. The number of hydrogen-bond acceptors (Lipinski definition) is 6. The average Bonchev–Trinajstić information content (AvgIpc) is 2.84. The Kier molecular flexibility index (Phi) is 8.42. The van der Waals surface area contributed by atoms with Gasteiger partial charge in [-0.2, -0.15) is 0 Å². The zero-order valence-electron chi connectivity index (χ0n) is 19.3. The van der Waals surface area contributed by atoms with Gasteiger partial charge in [0.1, 0.15) is 25.8 Å². The molecule has 0 radical (unpaired) electrons. The van der Waals surface area contributed by atoms with E-state index in [1.165, 1.54) is 18.9 Å². The van der Waals surface area contributed by atoms with Crippen molar-refractivity contribution in [3.8, 4) is 11.5 Å². The van der Waals surface area contributed by atoms with Crippen LogP contribution in [0.1, 0.15) is 19.4 Å². The third-order valence-electron chi connectivity index (χ3n) is 5.45. The van der Waals surface area contributed by atoms with Crippen molar-refractivity contribution in [2.45, 2.75) is 26.4 Å². The molecule has 1 unspecified atom stereocenters. The van der Waals surface area contributed by atoms with Crippen molar-refractivity contribution < 1.29 is 27.5 Å². The van der Waals surface area contributed by atoms with E-state index in [-0.39, 0.29) is 23.9 Å². The van der Waals surface area contributed by atoms with Gasteiger partial charge in [0.25, 0.3) is 0 Å². The molecule has 2 aromatic carbocycles. The Morgan fingerprint density at radius 1 is 1.12 bits per heavy atom. The highest BCUT2D eigenvalue weighted by Crippen LogP contribution is 2.35. The van der Waals surface area contributed by atoms with Gasteiger partial charge in [-0.05, 0) is 43.7 Å². The molecule has 184 valence electrons. The molecule has 0 fully saturated rings. The second-order valence-corrected chi connectivity index (χ2v) is 10.8. The number of halogens is 1. The van der Waals surface area contributed by atoms with Crippen LogP contribution in [0.5, 0.6) is 11.5 Å². The van der Waals surface area contributed by atoms with Gasteiger partial charge < -0.3 is 19.7 Å². The molecule has 1 heterocycles. The molecule has 1 atom stereocenters. The zero-order valence-corrected chi connectivity index (χ0v) is 21.7. The molecule has 11 heteroatoms. The highest BCUT2D eigenvalue weighted by atomic mass is 79.9. The second-order valence-electron chi connectivity index (χ2n) is 7.68. The van der Waals surface area contributed by atoms with Gasteiger partial charge in [-0.1, -0.05) is 28.1 Å². The highest BCUT2D eigenvalue weighted by molar-refractivity contribution is 9.10. The maximum absolute atomic E-state index is 13.5. The fraction of sp³-hybridized carbons (Fsp3) is 0.391. The minimum atomic E-state index is -3.82. The van der Waals surface area contributed by atoms with E-state index < -0.39 is 28.5 Å². The molecule has 9 nitrogen and oxygen atoms in total. The molecule has 0 saturated carbocycles. The molecule has 34 heavy (non-hydrogen) atoms. The lowest BCUT2D eigenvalue weighted by Crippen LogP contribution is -2.51. The molecular formula is C23H28BrN3O6S. The van der Waals surface area contributed by atoms with E-state index in [1.54, 1.807) is 25.1 Å². The monoisotopic (exact) mass is 553 g/mol. The molecule has 3 rings (SSSR count). The first-order chi connectivity index (χ1) is 16.2. The van der Waals surface area contributed by atoms with Crippen molar-refractivity contribution in [3.05, 3.63) is 52.5 Å². The number of nitrogens with zero attached hydrogens (tertiary/aromatic N) is 2. The summed E-state index contributed by atoms with van der Waals surface area (Å²) in [6.45, 7) is 3.54. The summed E-state index contributed by atoms with van der Waals surface area (Å²) in [4.78, 5) is 27.3. The van der Waals surface area contributed by atoms with E-state index in [9.17, 15) is 18.0 Å². The van der Waals surface area contributed by atoms with Crippen LogP contribution in [0.15, 0.2) is 46.9 Å². The van der Waals surface area contributed by atoms with E-state index in [4.69, 9.17) is 9.47 Å². The smallest absolute Gasteiger partial charge is 0.244 e. The normalized spacial score (nSPS) is 13.6.